The van der Waals surface area contributed by atoms with Crippen LogP contribution in [0.25, 0.3) is 0 Å². The molecule has 0 spiro atoms. The number of hydrogen-bond donors (Lipinski definition) is 1. The largest absolute Gasteiger partial charge is 0.493 e. The van der Waals surface area contributed by atoms with Crippen molar-refractivity contribution in [2.24, 2.45) is 0 Å². The zero-order valence-electron chi connectivity index (χ0n) is 14.6. The van der Waals surface area contributed by atoms with Gasteiger partial charge < -0.3 is 19.5 Å². The van der Waals surface area contributed by atoms with Crippen molar-refractivity contribution < 1.29 is 19.0 Å². The van der Waals surface area contributed by atoms with E-state index in [-0.39, 0.29) is 12.3 Å². The number of anilines is 1. The van der Waals surface area contributed by atoms with E-state index in [0.717, 1.165) is 23.3 Å². The van der Waals surface area contributed by atoms with Crippen molar-refractivity contribution in [3.8, 4) is 17.2 Å². The Morgan fingerprint density at radius 3 is 2.52 bits per heavy atom. The maximum atomic E-state index is 12.1. The van der Waals surface area contributed by atoms with Gasteiger partial charge in [-0.2, -0.15) is 0 Å². The van der Waals surface area contributed by atoms with Gasteiger partial charge in [0.25, 0.3) is 0 Å². The van der Waals surface area contributed by atoms with Crippen molar-refractivity contribution >= 4 is 11.6 Å². The summed E-state index contributed by atoms with van der Waals surface area (Å²) in [5.41, 5.74) is 2.99. The molecule has 2 aromatic rings. The number of carbonyl (C=O) groups is 1. The van der Waals surface area contributed by atoms with Gasteiger partial charge in [0.15, 0.2) is 11.5 Å². The molecule has 5 heteroatoms. The van der Waals surface area contributed by atoms with Gasteiger partial charge in [-0.3, -0.25) is 4.79 Å². The van der Waals surface area contributed by atoms with Gasteiger partial charge in [-0.05, 0) is 49.2 Å². The molecule has 1 heterocycles. The Morgan fingerprint density at radius 1 is 1.04 bits per heavy atom. The average Bonchev–Trinajstić information content (AvgIpc) is 2.79. The van der Waals surface area contributed by atoms with Crippen molar-refractivity contribution in [2.75, 3.05) is 25.1 Å². The highest BCUT2D eigenvalue weighted by Crippen LogP contribution is 2.32. The molecular formula is C20H23NO4. The fraction of sp³-hybridized carbons (Fsp3) is 0.350. The smallest absolute Gasteiger partial charge is 0.227 e. The lowest BCUT2D eigenvalue weighted by Crippen LogP contribution is -2.15. The molecule has 1 aliphatic heterocycles. The van der Waals surface area contributed by atoms with Gasteiger partial charge in [0, 0.05) is 18.2 Å². The highest BCUT2D eigenvalue weighted by atomic mass is 16.5. The Balaban J connectivity index is 1.51. The lowest BCUT2D eigenvalue weighted by Gasteiger charge is -2.11. The molecule has 0 aromatic heterocycles. The summed E-state index contributed by atoms with van der Waals surface area (Å²) in [6.45, 7) is 5.65. The van der Waals surface area contributed by atoms with E-state index in [4.69, 9.17) is 14.2 Å². The minimum Gasteiger partial charge on any atom is -0.493 e. The molecule has 5 nitrogen and oxygen atoms in total. The Hall–Kier alpha value is -2.69. The normalized spacial score (nSPS) is 13.0. The Morgan fingerprint density at radius 2 is 1.76 bits per heavy atom. The van der Waals surface area contributed by atoms with Gasteiger partial charge in [0.1, 0.15) is 5.75 Å². The third-order valence-electron chi connectivity index (χ3n) is 3.82. The monoisotopic (exact) mass is 341 g/mol. The Kier molecular flexibility index (Phi) is 5.43. The lowest BCUT2D eigenvalue weighted by atomic mass is 10.1. The van der Waals surface area contributed by atoms with Crippen LogP contribution in [0.3, 0.4) is 0 Å². The van der Waals surface area contributed by atoms with Crippen LogP contribution in [0.4, 0.5) is 5.69 Å². The van der Waals surface area contributed by atoms with Crippen LogP contribution in [0.15, 0.2) is 36.4 Å². The van der Waals surface area contributed by atoms with Crippen molar-refractivity contribution in [1.29, 1.82) is 0 Å². The zero-order valence-corrected chi connectivity index (χ0v) is 14.6. The van der Waals surface area contributed by atoms with E-state index in [0.29, 0.717) is 37.0 Å². The quantitative estimate of drug-likeness (QED) is 0.897. The van der Waals surface area contributed by atoms with Gasteiger partial charge in [-0.25, -0.2) is 0 Å². The predicted molar refractivity (Wildman–Crippen MR) is 96.7 cm³/mol. The van der Waals surface area contributed by atoms with Crippen LogP contribution in [-0.2, 0) is 4.79 Å². The maximum Gasteiger partial charge on any atom is 0.227 e. The van der Waals surface area contributed by atoms with Gasteiger partial charge in [0.05, 0.1) is 26.2 Å². The van der Waals surface area contributed by atoms with E-state index in [9.17, 15) is 4.79 Å². The third kappa shape index (κ3) is 4.89. The van der Waals surface area contributed by atoms with Crippen LogP contribution < -0.4 is 19.5 Å². The van der Waals surface area contributed by atoms with Crippen LogP contribution in [-0.4, -0.2) is 25.7 Å². The molecule has 1 aliphatic rings. The molecule has 0 atom stereocenters. The number of carbonyl (C=O) groups excluding carboxylic acids is 1. The SMILES string of the molecule is Cc1cc(C)cc(OCCC(=O)Nc2ccc3c(c2)OCCCO3)c1. The molecular weight excluding hydrogens is 318 g/mol. The molecule has 0 saturated carbocycles. The van der Waals surface area contributed by atoms with Gasteiger partial charge in [0.2, 0.25) is 5.91 Å². The summed E-state index contributed by atoms with van der Waals surface area (Å²) >= 11 is 0. The molecule has 0 fully saturated rings. The zero-order chi connectivity index (χ0) is 17.6. The first-order valence-electron chi connectivity index (χ1n) is 8.51. The van der Waals surface area contributed by atoms with Crippen LogP contribution >= 0.6 is 0 Å². The van der Waals surface area contributed by atoms with Gasteiger partial charge in [-0.1, -0.05) is 6.07 Å². The molecule has 0 bridgehead atoms. The van der Waals surface area contributed by atoms with E-state index >= 15 is 0 Å². The minimum absolute atomic E-state index is 0.0983. The number of rotatable bonds is 5. The number of fused-ring (bicyclic) bond motifs is 1. The second-order valence-electron chi connectivity index (χ2n) is 6.18. The van der Waals surface area contributed by atoms with Crippen LogP contribution in [0.2, 0.25) is 0 Å². The number of aryl methyl sites for hydroxylation is 2. The van der Waals surface area contributed by atoms with Crippen molar-refractivity contribution in [2.45, 2.75) is 26.7 Å². The van der Waals surface area contributed by atoms with Crippen molar-refractivity contribution in [3.63, 3.8) is 0 Å². The molecule has 1 amide bonds. The predicted octanol–water partition coefficient (Wildman–Crippen LogP) is 3.87. The van der Waals surface area contributed by atoms with E-state index < -0.39 is 0 Å². The number of benzene rings is 2. The summed E-state index contributed by atoms with van der Waals surface area (Å²) < 4.78 is 16.9. The molecule has 3 rings (SSSR count). The molecule has 132 valence electrons. The summed E-state index contributed by atoms with van der Waals surface area (Å²) in [6.07, 6.45) is 1.13. The van der Waals surface area contributed by atoms with E-state index in [1.807, 2.05) is 38.1 Å². The first-order valence-corrected chi connectivity index (χ1v) is 8.51. The summed E-state index contributed by atoms with van der Waals surface area (Å²) in [4.78, 5) is 12.1. The summed E-state index contributed by atoms with van der Waals surface area (Å²) in [7, 11) is 0. The Labute approximate surface area is 147 Å². The first-order chi connectivity index (χ1) is 12.1. The lowest BCUT2D eigenvalue weighted by molar-refractivity contribution is -0.116. The van der Waals surface area contributed by atoms with E-state index in [1.165, 1.54) is 0 Å². The second kappa shape index (κ2) is 7.92. The first kappa shape index (κ1) is 17.1. The number of nitrogens with one attached hydrogen (secondary N) is 1. The Bertz CT molecular complexity index is 737. The van der Waals surface area contributed by atoms with Gasteiger partial charge >= 0.3 is 0 Å². The number of amides is 1. The van der Waals surface area contributed by atoms with Crippen molar-refractivity contribution in [1.82, 2.24) is 0 Å². The summed E-state index contributed by atoms with van der Waals surface area (Å²) in [5, 5.41) is 2.87. The molecule has 0 saturated heterocycles. The molecule has 0 radical (unpaired) electrons. The van der Waals surface area contributed by atoms with Crippen molar-refractivity contribution in [3.05, 3.63) is 47.5 Å². The highest BCUT2D eigenvalue weighted by molar-refractivity contribution is 5.91. The van der Waals surface area contributed by atoms with Gasteiger partial charge in [-0.15, -0.1) is 0 Å². The van der Waals surface area contributed by atoms with Crippen LogP contribution in [0.1, 0.15) is 24.0 Å². The van der Waals surface area contributed by atoms with E-state index in [2.05, 4.69) is 11.4 Å². The number of ether oxygens (including phenoxy) is 3. The highest BCUT2D eigenvalue weighted by Gasteiger charge is 2.12. The number of hydrogen-bond acceptors (Lipinski definition) is 4. The molecule has 0 unspecified atom stereocenters. The molecule has 25 heavy (non-hydrogen) atoms. The molecule has 1 N–H and O–H groups in total. The van der Waals surface area contributed by atoms with Crippen LogP contribution in [0.5, 0.6) is 17.2 Å². The fourth-order valence-electron chi connectivity index (χ4n) is 2.74. The average molecular weight is 341 g/mol. The molecule has 0 aliphatic carbocycles. The summed E-state index contributed by atoms with van der Waals surface area (Å²) in [6, 6.07) is 11.5. The maximum absolute atomic E-state index is 12.1. The standard InChI is InChI=1S/C20H23NO4/c1-14-10-15(2)12-17(11-14)23-9-6-20(22)21-16-4-5-18-19(13-16)25-8-3-7-24-18/h4-5,10-13H,3,6-9H2,1-2H3,(H,21,22). The minimum atomic E-state index is -0.0983. The molecule has 2 aromatic carbocycles. The van der Waals surface area contributed by atoms with E-state index in [1.54, 1.807) is 6.07 Å². The summed E-state index contributed by atoms with van der Waals surface area (Å²) in [5.74, 6) is 2.08. The fourth-order valence-corrected chi connectivity index (χ4v) is 2.74. The topological polar surface area (TPSA) is 56.8 Å². The third-order valence-corrected chi connectivity index (χ3v) is 3.82. The van der Waals surface area contributed by atoms with Crippen LogP contribution in [0, 0.1) is 13.8 Å². The second-order valence-corrected chi connectivity index (χ2v) is 6.18.